The fourth-order valence-electron chi connectivity index (χ4n) is 4.64. The molecule has 1 atom stereocenters. The molecular formula is C27H27N5O2. The minimum atomic E-state index is -0.263. The molecule has 2 aromatic carbocycles. The van der Waals surface area contributed by atoms with Crippen molar-refractivity contribution in [1.29, 1.82) is 0 Å². The molecule has 172 valence electrons. The van der Waals surface area contributed by atoms with Crippen molar-refractivity contribution in [2.24, 2.45) is 11.7 Å². The second kappa shape index (κ2) is 9.39. The SMILES string of the molecule is NC(=O)C1CCCN(c2ccc(NC(=O)Cn3c(-c4ccccc4)cc4ccccc43)cn2)C1. The molecule has 4 aromatic rings. The normalized spacial score (nSPS) is 15.9. The lowest BCUT2D eigenvalue weighted by atomic mass is 9.97. The number of nitrogens with one attached hydrogen (secondary N) is 1. The molecule has 1 saturated heterocycles. The van der Waals surface area contributed by atoms with Gasteiger partial charge in [0, 0.05) is 29.7 Å². The summed E-state index contributed by atoms with van der Waals surface area (Å²) >= 11 is 0. The summed E-state index contributed by atoms with van der Waals surface area (Å²) in [5, 5.41) is 4.06. The second-order valence-electron chi connectivity index (χ2n) is 8.68. The summed E-state index contributed by atoms with van der Waals surface area (Å²) in [6.07, 6.45) is 3.38. The first kappa shape index (κ1) is 21.7. The number of hydrogen-bond donors (Lipinski definition) is 2. The molecule has 2 aromatic heterocycles. The third kappa shape index (κ3) is 4.50. The first-order chi connectivity index (χ1) is 16.6. The van der Waals surface area contributed by atoms with Gasteiger partial charge in [0.1, 0.15) is 12.4 Å². The van der Waals surface area contributed by atoms with Gasteiger partial charge in [-0.15, -0.1) is 0 Å². The molecule has 3 heterocycles. The van der Waals surface area contributed by atoms with Gasteiger partial charge in [0.2, 0.25) is 11.8 Å². The van der Waals surface area contributed by atoms with Gasteiger partial charge >= 0.3 is 0 Å². The Balaban J connectivity index is 1.32. The molecule has 0 saturated carbocycles. The number of anilines is 2. The van der Waals surface area contributed by atoms with Crippen LogP contribution in [0, 0.1) is 5.92 Å². The van der Waals surface area contributed by atoms with E-state index in [4.69, 9.17) is 5.73 Å². The first-order valence-electron chi connectivity index (χ1n) is 11.5. The zero-order chi connectivity index (χ0) is 23.5. The van der Waals surface area contributed by atoms with E-state index in [1.165, 1.54) is 0 Å². The van der Waals surface area contributed by atoms with Crippen LogP contribution in [0.3, 0.4) is 0 Å². The summed E-state index contributed by atoms with van der Waals surface area (Å²) in [4.78, 5) is 31.1. The number of primary amides is 1. The van der Waals surface area contributed by atoms with Crippen molar-refractivity contribution in [1.82, 2.24) is 9.55 Å². The molecular weight excluding hydrogens is 426 g/mol. The minimum Gasteiger partial charge on any atom is -0.369 e. The summed E-state index contributed by atoms with van der Waals surface area (Å²) in [6, 6.07) is 24.0. The monoisotopic (exact) mass is 453 g/mol. The van der Waals surface area contributed by atoms with Crippen LogP contribution in [0.4, 0.5) is 11.5 Å². The third-order valence-corrected chi connectivity index (χ3v) is 6.36. The molecule has 1 aliphatic rings. The summed E-state index contributed by atoms with van der Waals surface area (Å²) in [6.45, 7) is 1.61. The Bertz CT molecular complexity index is 1310. The highest BCUT2D eigenvalue weighted by Crippen LogP contribution is 2.28. The number of nitrogens with two attached hydrogens (primary N) is 1. The maximum atomic E-state index is 13.0. The van der Waals surface area contributed by atoms with Crippen molar-refractivity contribution >= 4 is 34.2 Å². The van der Waals surface area contributed by atoms with E-state index in [0.717, 1.165) is 47.4 Å². The van der Waals surface area contributed by atoms with E-state index in [1.54, 1.807) is 6.20 Å². The molecule has 0 spiro atoms. The Labute approximate surface area is 198 Å². The van der Waals surface area contributed by atoms with Crippen molar-refractivity contribution in [2.75, 3.05) is 23.3 Å². The van der Waals surface area contributed by atoms with E-state index >= 15 is 0 Å². The second-order valence-corrected chi connectivity index (χ2v) is 8.68. The standard InChI is InChI=1S/C27H27N5O2/c28-27(34)21-10-6-14-31(17-21)25-13-12-22(16-29-25)30-26(33)18-32-23-11-5-4-9-20(23)15-24(32)19-7-2-1-3-8-19/h1-5,7-9,11-13,15-16,21H,6,10,14,17-18H2,(H2,28,34)(H,30,33). The molecule has 5 rings (SSSR count). The van der Waals surface area contributed by atoms with Crippen LogP contribution in [0.5, 0.6) is 0 Å². The number of pyridine rings is 1. The number of piperidine rings is 1. The number of carbonyl (C=O) groups excluding carboxylic acids is 2. The number of benzene rings is 2. The van der Waals surface area contributed by atoms with E-state index in [1.807, 2.05) is 53.1 Å². The smallest absolute Gasteiger partial charge is 0.244 e. The Morgan fingerprint density at radius 2 is 1.82 bits per heavy atom. The molecule has 1 aliphatic heterocycles. The van der Waals surface area contributed by atoms with E-state index in [0.29, 0.717) is 12.2 Å². The van der Waals surface area contributed by atoms with Gasteiger partial charge in [0.25, 0.3) is 0 Å². The van der Waals surface area contributed by atoms with Crippen LogP contribution in [0.1, 0.15) is 12.8 Å². The van der Waals surface area contributed by atoms with Gasteiger partial charge in [0.15, 0.2) is 0 Å². The fourth-order valence-corrected chi connectivity index (χ4v) is 4.64. The summed E-state index contributed by atoms with van der Waals surface area (Å²) in [5.74, 6) is 0.248. The van der Waals surface area contributed by atoms with Crippen LogP contribution in [0.2, 0.25) is 0 Å². The lowest BCUT2D eigenvalue weighted by molar-refractivity contribution is -0.122. The Hall–Kier alpha value is -4.13. The third-order valence-electron chi connectivity index (χ3n) is 6.36. The predicted molar refractivity (Wildman–Crippen MR) is 134 cm³/mol. The average Bonchev–Trinajstić information content (AvgIpc) is 3.23. The number of para-hydroxylation sites is 1. The number of amides is 2. The Kier molecular flexibility index (Phi) is 5.99. The van der Waals surface area contributed by atoms with Crippen molar-refractivity contribution in [3.8, 4) is 11.3 Å². The van der Waals surface area contributed by atoms with E-state index in [-0.39, 0.29) is 24.3 Å². The van der Waals surface area contributed by atoms with Gasteiger partial charge in [-0.2, -0.15) is 0 Å². The lowest BCUT2D eigenvalue weighted by Crippen LogP contribution is -2.41. The quantitative estimate of drug-likeness (QED) is 0.461. The topological polar surface area (TPSA) is 93.3 Å². The molecule has 2 amide bonds. The number of aromatic nitrogens is 2. The van der Waals surface area contributed by atoms with Gasteiger partial charge < -0.3 is 20.5 Å². The fraction of sp³-hybridized carbons (Fsp3) is 0.222. The summed E-state index contributed by atoms with van der Waals surface area (Å²) in [7, 11) is 0. The number of nitrogens with zero attached hydrogens (tertiary/aromatic N) is 3. The van der Waals surface area contributed by atoms with Crippen molar-refractivity contribution in [3.63, 3.8) is 0 Å². The molecule has 7 nitrogen and oxygen atoms in total. The van der Waals surface area contributed by atoms with Crippen LogP contribution in [-0.4, -0.2) is 34.5 Å². The number of rotatable bonds is 6. The van der Waals surface area contributed by atoms with Crippen molar-refractivity contribution < 1.29 is 9.59 Å². The highest BCUT2D eigenvalue weighted by Gasteiger charge is 2.24. The Morgan fingerprint density at radius 3 is 2.59 bits per heavy atom. The maximum absolute atomic E-state index is 13.0. The highest BCUT2D eigenvalue weighted by molar-refractivity contribution is 5.94. The number of carbonyl (C=O) groups is 2. The first-order valence-corrected chi connectivity index (χ1v) is 11.5. The number of hydrogen-bond acceptors (Lipinski definition) is 4. The van der Waals surface area contributed by atoms with E-state index in [2.05, 4.69) is 39.5 Å². The Morgan fingerprint density at radius 1 is 1.03 bits per heavy atom. The minimum absolute atomic E-state index is 0.125. The summed E-state index contributed by atoms with van der Waals surface area (Å²) < 4.78 is 2.04. The van der Waals surface area contributed by atoms with Crippen LogP contribution in [-0.2, 0) is 16.1 Å². The predicted octanol–water partition coefficient (Wildman–Crippen LogP) is 4.04. The summed E-state index contributed by atoms with van der Waals surface area (Å²) in [5.41, 5.74) is 9.20. The van der Waals surface area contributed by atoms with Crippen molar-refractivity contribution in [2.45, 2.75) is 19.4 Å². The van der Waals surface area contributed by atoms with Gasteiger partial charge in [-0.1, -0.05) is 48.5 Å². The average molecular weight is 454 g/mol. The van der Waals surface area contributed by atoms with Crippen LogP contribution >= 0.6 is 0 Å². The molecule has 0 bridgehead atoms. The molecule has 1 fully saturated rings. The van der Waals surface area contributed by atoms with Gasteiger partial charge in [0.05, 0.1) is 17.8 Å². The largest absolute Gasteiger partial charge is 0.369 e. The molecule has 1 unspecified atom stereocenters. The lowest BCUT2D eigenvalue weighted by Gasteiger charge is -2.32. The van der Waals surface area contributed by atoms with Crippen LogP contribution < -0.4 is 16.0 Å². The van der Waals surface area contributed by atoms with Gasteiger partial charge in [-0.3, -0.25) is 9.59 Å². The molecule has 34 heavy (non-hydrogen) atoms. The number of fused-ring (bicyclic) bond motifs is 1. The van der Waals surface area contributed by atoms with E-state index < -0.39 is 0 Å². The van der Waals surface area contributed by atoms with Crippen LogP contribution in [0.15, 0.2) is 79.0 Å². The zero-order valence-electron chi connectivity index (χ0n) is 18.9. The van der Waals surface area contributed by atoms with E-state index in [9.17, 15) is 9.59 Å². The molecule has 0 radical (unpaired) electrons. The maximum Gasteiger partial charge on any atom is 0.244 e. The highest BCUT2D eigenvalue weighted by atomic mass is 16.2. The molecule has 0 aliphatic carbocycles. The molecule has 7 heteroatoms. The molecule has 3 N–H and O–H groups in total. The van der Waals surface area contributed by atoms with Gasteiger partial charge in [-0.25, -0.2) is 4.98 Å². The van der Waals surface area contributed by atoms with Gasteiger partial charge in [-0.05, 0) is 42.7 Å². The zero-order valence-corrected chi connectivity index (χ0v) is 18.9. The van der Waals surface area contributed by atoms with Crippen molar-refractivity contribution in [3.05, 3.63) is 79.0 Å². The van der Waals surface area contributed by atoms with Crippen LogP contribution in [0.25, 0.3) is 22.2 Å².